The van der Waals surface area contributed by atoms with Gasteiger partial charge in [0.25, 0.3) is 0 Å². The van der Waals surface area contributed by atoms with Crippen LogP contribution in [0.25, 0.3) is 0 Å². The minimum atomic E-state index is -0.431. The van der Waals surface area contributed by atoms with Gasteiger partial charge in [-0.05, 0) is 31.4 Å². The third-order valence-electron chi connectivity index (χ3n) is 2.18. The van der Waals surface area contributed by atoms with Crippen molar-refractivity contribution in [2.75, 3.05) is 6.61 Å². The van der Waals surface area contributed by atoms with Crippen molar-refractivity contribution in [2.24, 2.45) is 0 Å². The fourth-order valence-corrected chi connectivity index (χ4v) is 2.76. The first-order valence-electron chi connectivity index (χ1n) is 5.96. The van der Waals surface area contributed by atoms with Gasteiger partial charge in [0.2, 0.25) is 5.24 Å². The fourth-order valence-electron chi connectivity index (χ4n) is 1.49. The van der Waals surface area contributed by atoms with E-state index < -0.39 is 5.24 Å². The van der Waals surface area contributed by atoms with Gasteiger partial charge in [0.15, 0.2) is 5.12 Å². The van der Waals surface area contributed by atoms with E-state index in [-0.39, 0.29) is 22.8 Å². The highest BCUT2D eigenvalue weighted by atomic mass is 35.5. The van der Waals surface area contributed by atoms with Gasteiger partial charge in [0, 0.05) is 25.0 Å². The van der Waals surface area contributed by atoms with E-state index in [9.17, 15) is 14.4 Å². The molecule has 0 saturated heterocycles. The summed E-state index contributed by atoms with van der Waals surface area (Å²) in [6.07, 6.45) is 2.73. The summed E-state index contributed by atoms with van der Waals surface area (Å²) in [6.45, 7) is 3.63. The van der Waals surface area contributed by atoms with Crippen molar-refractivity contribution < 1.29 is 19.1 Å². The molecule has 0 rings (SSSR count). The zero-order chi connectivity index (χ0) is 14.0. The Morgan fingerprint density at radius 2 is 1.94 bits per heavy atom. The number of ether oxygens (including phenoxy) is 1. The summed E-state index contributed by atoms with van der Waals surface area (Å²) < 4.78 is 4.80. The number of hydrogen-bond donors (Lipinski definition) is 0. The lowest BCUT2D eigenvalue weighted by atomic mass is 10.1. The molecule has 0 aromatic rings. The quantitative estimate of drug-likeness (QED) is 0.372. The highest BCUT2D eigenvalue weighted by Gasteiger charge is 2.15. The number of halogens is 1. The van der Waals surface area contributed by atoms with Crippen molar-refractivity contribution in [3.05, 3.63) is 0 Å². The Balaban J connectivity index is 3.85. The summed E-state index contributed by atoms with van der Waals surface area (Å²) in [5.74, 6) is -0.207. The average molecular weight is 295 g/mol. The molecule has 0 aromatic heterocycles. The fraction of sp³-hybridized carbons (Fsp3) is 0.750. The van der Waals surface area contributed by atoms with Crippen molar-refractivity contribution >= 4 is 39.7 Å². The van der Waals surface area contributed by atoms with Crippen LogP contribution in [0.5, 0.6) is 0 Å². The summed E-state index contributed by atoms with van der Waals surface area (Å²) in [7, 11) is 0. The van der Waals surface area contributed by atoms with E-state index in [0.717, 1.165) is 18.2 Å². The second kappa shape index (κ2) is 10.4. The Hall–Kier alpha value is -0.550. The number of thioether (sulfide) groups is 1. The number of unbranched alkanes of at least 4 members (excludes halogenated alkanes) is 1. The van der Waals surface area contributed by atoms with E-state index in [1.165, 1.54) is 6.92 Å². The topological polar surface area (TPSA) is 60.4 Å². The van der Waals surface area contributed by atoms with Crippen LogP contribution in [-0.4, -0.2) is 28.2 Å². The van der Waals surface area contributed by atoms with Crippen molar-refractivity contribution in [1.82, 2.24) is 0 Å². The lowest BCUT2D eigenvalue weighted by molar-refractivity contribution is -0.143. The number of carbonyl (C=O) groups is 3. The molecule has 0 aliphatic heterocycles. The maximum absolute atomic E-state index is 11.1. The molecule has 0 bridgehead atoms. The normalized spacial score (nSPS) is 11.9. The Labute approximate surface area is 117 Å². The molecule has 0 amide bonds. The third-order valence-corrected chi connectivity index (χ3v) is 3.41. The molecule has 0 radical (unpaired) electrons. The van der Waals surface area contributed by atoms with Gasteiger partial charge in [-0.3, -0.25) is 14.4 Å². The first-order chi connectivity index (χ1) is 8.45. The van der Waals surface area contributed by atoms with Crippen LogP contribution in [0.2, 0.25) is 0 Å². The van der Waals surface area contributed by atoms with Gasteiger partial charge in [-0.15, -0.1) is 0 Å². The summed E-state index contributed by atoms with van der Waals surface area (Å²) in [6, 6.07) is 0. The van der Waals surface area contributed by atoms with Crippen molar-refractivity contribution in [3.8, 4) is 0 Å². The van der Waals surface area contributed by atoms with Crippen molar-refractivity contribution in [1.29, 1.82) is 0 Å². The SMILES string of the molecule is CCOC(=O)CCCC[C@H](CC(=O)Cl)SC(C)=O. The molecule has 4 nitrogen and oxygen atoms in total. The van der Waals surface area contributed by atoms with Crippen molar-refractivity contribution in [3.63, 3.8) is 0 Å². The predicted octanol–water partition coefficient (Wildman–Crippen LogP) is 2.91. The van der Waals surface area contributed by atoms with Gasteiger partial charge in [-0.25, -0.2) is 0 Å². The minimum absolute atomic E-state index is 0.0247. The van der Waals surface area contributed by atoms with E-state index in [2.05, 4.69) is 0 Å². The second-order valence-corrected chi connectivity index (χ2v) is 5.74. The number of hydrogen-bond acceptors (Lipinski definition) is 5. The highest BCUT2D eigenvalue weighted by molar-refractivity contribution is 8.14. The van der Waals surface area contributed by atoms with E-state index in [1.54, 1.807) is 6.92 Å². The summed E-state index contributed by atoms with van der Waals surface area (Å²) >= 11 is 6.46. The molecule has 0 unspecified atom stereocenters. The van der Waals surface area contributed by atoms with Gasteiger partial charge >= 0.3 is 5.97 Å². The van der Waals surface area contributed by atoms with Gasteiger partial charge in [0.1, 0.15) is 0 Å². The van der Waals surface area contributed by atoms with E-state index >= 15 is 0 Å². The second-order valence-electron chi connectivity index (χ2n) is 3.84. The largest absolute Gasteiger partial charge is 0.466 e. The molecule has 0 aromatic carbocycles. The van der Waals surface area contributed by atoms with Crippen LogP contribution in [0.3, 0.4) is 0 Å². The van der Waals surface area contributed by atoms with Gasteiger partial charge in [-0.1, -0.05) is 18.2 Å². The van der Waals surface area contributed by atoms with Crippen LogP contribution in [-0.2, 0) is 19.1 Å². The Bertz CT molecular complexity index is 278. The highest BCUT2D eigenvalue weighted by Crippen LogP contribution is 2.22. The Kier molecular flexibility index (Phi) is 10.1. The number of rotatable bonds is 9. The smallest absolute Gasteiger partial charge is 0.305 e. The first kappa shape index (κ1) is 17.4. The van der Waals surface area contributed by atoms with E-state index in [1.807, 2.05) is 0 Å². The Morgan fingerprint density at radius 1 is 1.28 bits per heavy atom. The molecule has 0 N–H and O–H groups in total. The first-order valence-corrected chi connectivity index (χ1v) is 7.22. The van der Waals surface area contributed by atoms with Crippen LogP contribution in [0.15, 0.2) is 0 Å². The standard InChI is InChI=1S/C12H19ClO4S/c1-3-17-12(16)7-5-4-6-10(8-11(13)15)18-9(2)14/h10H,3-8H2,1-2H3/t10-/m1/s1. The molecule has 1 atom stereocenters. The molecule has 6 heteroatoms. The predicted molar refractivity (Wildman–Crippen MR) is 72.6 cm³/mol. The maximum Gasteiger partial charge on any atom is 0.305 e. The van der Waals surface area contributed by atoms with E-state index in [0.29, 0.717) is 25.9 Å². The van der Waals surface area contributed by atoms with Gasteiger partial charge in [0.05, 0.1) is 6.61 Å². The molecule has 18 heavy (non-hydrogen) atoms. The van der Waals surface area contributed by atoms with Crippen molar-refractivity contribution in [2.45, 2.75) is 51.2 Å². The van der Waals surface area contributed by atoms with Crippen LogP contribution in [0, 0.1) is 0 Å². The molecular formula is C12H19ClO4S. The number of esters is 1. The van der Waals surface area contributed by atoms with Crippen LogP contribution in [0.4, 0.5) is 0 Å². The lowest BCUT2D eigenvalue weighted by Crippen LogP contribution is -2.10. The third kappa shape index (κ3) is 10.6. The number of carbonyl (C=O) groups excluding carboxylic acids is 3. The molecule has 0 fully saturated rings. The molecule has 0 saturated carbocycles. The zero-order valence-electron chi connectivity index (χ0n) is 10.7. The minimum Gasteiger partial charge on any atom is -0.466 e. The van der Waals surface area contributed by atoms with Crippen LogP contribution >= 0.6 is 23.4 Å². The zero-order valence-corrected chi connectivity index (χ0v) is 12.3. The van der Waals surface area contributed by atoms with Crippen LogP contribution in [0.1, 0.15) is 46.0 Å². The van der Waals surface area contributed by atoms with E-state index in [4.69, 9.17) is 16.3 Å². The lowest BCUT2D eigenvalue weighted by Gasteiger charge is -2.12. The van der Waals surface area contributed by atoms with Crippen LogP contribution < -0.4 is 0 Å². The molecule has 0 aliphatic carbocycles. The molecule has 0 heterocycles. The maximum atomic E-state index is 11.1. The monoisotopic (exact) mass is 294 g/mol. The van der Waals surface area contributed by atoms with Gasteiger partial charge < -0.3 is 4.74 Å². The van der Waals surface area contributed by atoms with Gasteiger partial charge in [-0.2, -0.15) is 0 Å². The molecular weight excluding hydrogens is 276 g/mol. The molecule has 0 spiro atoms. The average Bonchev–Trinajstić information content (AvgIpc) is 2.23. The summed E-state index contributed by atoms with van der Waals surface area (Å²) in [5.41, 5.74) is 0. The Morgan fingerprint density at radius 3 is 2.44 bits per heavy atom. The molecule has 0 aliphatic rings. The summed E-state index contributed by atoms with van der Waals surface area (Å²) in [5, 5.41) is -0.544. The summed E-state index contributed by atoms with van der Waals surface area (Å²) in [4.78, 5) is 32.9. The molecule has 104 valence electrons.